The first kappa shape index (κ1) is 18.0. The van der Waals surface area contributed by atoms with Crippen LogP contribution in [0.5, 0.6) is 0 Å². The predicted molar refractivity (Wildman–Crippen MR) is 110 cm³/mol. The highest BCUT2D eigenvalue weighted by atomic mass is 35.5. The van der Waals surface area contributed by atoms with Crippen LogP contribution in [0, 0.1) is 6.92 Å². The van der Waals surface area contributed by atoms with Gasteiger partial charge in [-0.2, -0.15) is 0 Å². The molecule has 0 saturated carbocycles. The zero-order chi connectivity index (χ0) is 19.0. The summed E-state index contributed by atoms with van der Waals surface area (Å²) in [5, 5.41) is 2.81. The average molecular weight is 399 g/mol. The Morgan fingerprint density at radius 3 is 2.67 bits per heavy atom. The van der Waals surface area contributed by atoms with Crippen LogP contribution in [0.1, 0.15) is 11.1 Å². The van der Waals surface area contributed by atoms with Crippen LogP contribution in [-0.4, -0.2) is 31.6 Å². The molecule has 0 aliphatic carbocycles. The van der Waals surface area contributed by atoms with E-state index in [1.807, 2.05) is 24.3 Å². The molecule has 0 spiro atoms. The van der Waals surface area contributed by atoms with E-state index in [2.05, 4.69) is 23.2 Å². The molecule has 0 amide bonds. The van der Waals surface area contributed by atoms with Crippen molar-refractivity contribution in [1.29, 1.82) is 0 Å². The number of hydrogen-bond acceptors (Lipinski definition) is 3. The molecule has 0 bridgehead atoms. The summed E-state index contributed by atoms with van der Waals surface area (Å²) in [7, 11) is -3.66. The van der Waals surface area contributed by atoms with E-state index in [-0.39, 0.29) is 4.90 Å². The molecular formula is C21H19ClN2O2S. The maximum absolute atomic E-state index is 13.2. The number of fused-ring (bicyclic) bond motifs is 1. The van der Waals surface area contributed by atoms with Gasteiger partial charge in [-0.15, -0.1) is 0 Å². The lowest BCUT2D eigenvalue weighted by atomic mass is 10.0. The number of aliphatic imine (C=N–C) groups is 1. The van der Waals surface area contributed by atoms with Crippen molar-refractivity contribution in [3.05, 3.63) is 76.8 Å². The molecule has 27 heavy (non-hydrogen) atoms. The summed E-state index contributed by atoms with van der Waals surface area (Å²) in [6, 6.07) is 19.0. The molecule has 0 N–H and O–H groups in total. The minimum Gasteiger partial charge on any atom is -0.269 e. The first-order chi connectivity index (χ1) is 13.0. The molecule has 1 heterocycles. The highest BCUT2D eigenvalue weighted by Gasteiger charge is 2.31. The third-order valence-corrected chi connectivity index (χ3v) is 7.08. The van der Waals surface area contributed by atoms with Crippen LogP contribution in [0.25, 0.3) is 10.8 Å². The summed E-state index contributed by atoms with van der Waals surface area (Å²) in [4.78, 5) is 4.74. The van der Waals surface area contributed by atoms with Gasteiger partial charge in [-0.25, -0.2) is 8.42 Å². The Morgan fingerprint density at radius 2 is 1.85 bits per heavy atom. The number of amidine groups is 1. The highest BCUT2D eigenvalue weighted by Crippen LogP contribution is 2.26. The van der Waals surface area contributed by atoms with E-state index in [1.165, 1.54) is 4.31 Å². The van der Waals surface area contributed by atoms with Gasteiger partial charge < -0.3 is 0 Å². The van der Waals surface area contributed by atoms with Gasteiger partial charge in [-0.1, -0.05) is 54.1 Å². The molecule has 0 radical (unpaired) electrons. The minimum atomic E-state index is -3.66. The Bertz CT molecular complexity index is 1150. The molecule has 4 rings (SSSR count). The monoisotopic (exact) mass is 398 g/mol. The standard InChI is InChI=1S/C21H19ClN2O2S/c1-15-13-18(9-10-20(15)22)27(25,26)24-12-11-23-21(24)14-17-7-4-6-16-5-2-3-8-19(16)17/h2-10,13H,11-12,14H2,1H3. The van der Waals surface area contributed by atoms with Crippen LogP contribution < -0.4 is 0 Å². The maximum atomic E-state index is 13.2. The van der Waals surface area contributed by atoms with Gasteiger partial charge in [0, 0.05) is 11.4 Å². The van der Waals surface area contributed by atoms with Crippen molar-refractivity contribution in [2.45, 2.75) is 18.2 Å². The number of rotatable bonds is 4. The van der Waals surface area contributed by atoms with Crippen LogP contribution >= 0.6 is 11.6 Å². The second kappa shape index (κ2) is 6.98. The van der Waals surface area contributed by atoms with Crippen LogP contribution in [0.4, 0.5) is 0 Å². The van der Waals surface area contributed by atoms with Crippen LogP contribution in [0.15, 0.2) is 70.6 Å². The maximum Gasteiger partial charge on any atom is 0.265 e. The SMILES string of the molecule is Cc1cc(S(=O)(=O)N2CCN=C2Cc2cccc3ccccc23)ccc1Cl. The van der Waals surface area contributed by atoms with Crippen molar-refractivity contribution in [1.82, 2.24) is 4.31 Å². The molecule has 138 valence electrons. The van der Waals surface area contributed by atoms with Crippen molar-refractivity contribution in [2.75, 3.05) is 13.1 Å². The largest absolute Gasteiger partial charge is 0.269 e. The molecule has 4 nitrogen and oxygen atoms in total. The van der Waals surface area contributed by atoms with Gasteiger partial charge in [0.15, 0.2) is 0 Å². The van der Waals surface area contributed by atoms with E-state index in [0.29, 0.717) is 30.4 Å². The van der Waals surface area contributed by atoms with Gasteiger partial charge in [-0.3, -0.25) is 9.30 Å². The Labute approximate surface area is 164 Å². The fraction of sp³-hybridized carbons (Fsp3) is 0.190. The lowest BCUT2D eigenvalue weighted by Crippen LogP contribution is -2.35. The third kappa shape index (κ3) is 3.33. The highest BCUT2D eigenvalue weighted by molar-refractivity contribution is 7.89. The van der Waals surface area contributed by atoms with Gasteiger partial charge in [0.2, 0.25) is 0 Å². The summed E-state index contributed by atoms with van der Waals surface area (Å²) in [6.45, 7) is 2.65. The van der Waals surface area contributed by atoms with Crippen LogP contribution in [0.3, 0.4) is 0 Å². The van der Waals surface area contributed by atoms with Gasteiger partial charge >= 0.3 is 0 Å². The normalized spacial score (nSPS) is 14.6. The van der Waals surface area contributed by atoms with E-state index in [4.69, 9.17) is 11.6 Å². The number of benzene rings is 3. The molecule has 0 unspecified atom stereocenters. The Morgan fingerprint density at radius 1 is 1.07 bits per heavy atom. The number of nitrogens with zero attached hydrogens (tertiary/aromatic N) is 2. The number of aryl methyl sites for hydroxylation is 1. The lowest BCUT2D eigenvalue weighted by molar-refractivity contribution is 0.535. The van der Waals surface area contributed by atoms with Crippen molar-refractivity contribution in [3.8, 4) is 0 Å². The Hall–Kier alpha value is -2.37. The number of sulfonamides is 1. The van der Waals surface area contributed by atoms with Gasteiger partial charge in [0.05, 0.1) is 18.0 Å². The second-order valence-corrected chi connectivity index (χ2v) is 8.87. The van der Waals surface area contributed by atoms with E-state index < -0.39 is 10.0 Å². The summed E-state index contributed by atoms with van der Waals surface area (Å²) < 4.78 is 27.8. The van der Waals surface area contributed by atoms with Crippen LogP contribution in [-0.2, 0) is 16.4 Å². The van der Waals surface area contributed by atoms with E-state index >= 15 is 0 Å². The Balaban J connectivity index is 1.68. The molecule has 6 heteroatoms. The molecule has 0 atom stereocenters. The van der Waals surface area contributed by atoms with E-state index in [9.17, 15) is 8.42 Å². The second-order valence-electron chi connectivity index (χ2n) is 6.60. The summed E-state index contributed by atoms with van der Waals surface area (Å²) in [5.74, 6) is 0.582. The van der Waals surface area contributed by atoms with Gasteiger partial charge in [-0.05, 0) is 47.0 Å². The predicted octanol–water partition coefficient (Wildman–Crippen LogP) is 4.45. The number of hydrogen-bond donors (Lipinski definition) is 0. The summed E-state index contributed by atoms with van der Waals surface area (Å²) in [6.07, 6.45) is 0.479. The molecule has 0 fully saturated rings. The molecule has 0 saturated heterocycles. The topological polar surface area (TPSA) is 49.7 Å². The van der Waals surface area contributed by atoms with E-state index in [0.717, 1.165) is 21.9 Å². The number of halogens is 1. The van der Waals surface area contributed by atoms with Crippen molar-refractivity contribution >= 4 is 38.2 Å². The minimum absolute atomic E-state index is 0.247. The average Bonchev–Trinajstić information content (AvgIpc) is 3.13. The summed E-state index contributed by atoms with van der Waals surface area (Å²) >= 11 is 6.05. The summed E-state index contributed by atoms with van der Waals surface area (Å²) in [5.41, 5.74) is 1.81. The fourth-order valence-corrected chi connectivity index (χ4v) is 5.06. The fourth-order valence-electron chi connectivity index (χ4n) is 3.40. The third-order valence-electron chi connectivity index (χ3n) is 4.83. The molecule has 1 aliphatic heterocycles. The lowest BCUT2D eigenvalue weighted by Gasteiger charge is -2.21. The first-order valence-corrected chi connectivity index (χ1v) is 10.6. The van der Waals surface area contributed by atoms with Crippen LogP contribution in [0.2, 0.25) is 5.02 Å². The smallest absolute Gasteiger partial charge is 0.265 e. The van der Waals surface area contributed by atoms with Crippen molar-refractivity contribution < 1.29 is 8.42 Å². The van der Waals surface area contributed by atoms with Gasteiger partial charge in [0.1, 0.15) is 5.84 Å². The Kier molecular flexibility index (Phi) is 4.66. The molecule has 3 aromatic carbocycles. The molecule has 3 aromatic rings. The van der Waals surface area contributed by atoms with E-state index in [1.54, 1.807) is 25.1 Å². The molecule has 1 aliphatic rings. The quantitative estimate of drug-likeness (QED) is 0.652. The van der Waals surface area contributed by atoms with Crippen molar-refractivity contribution in [3.63, 3.8) is 0 Å². The van der Waals surface area contributed by atoms with Gasteiger partial charge in [0.25, 0.3) is 10.0 Å². The zero-order valence-electron chi connectivity index (χ0n) is 14.9. The molecular weight excluding hydrogens is 380 g/mol. The zero-order valence-corrected chi connectivity index (χ0v) is 16.5. The van der Waals surface area contributed by atoms with Crippen molar-refractivity contribution in [2.24, 2.45) is 4.99 Å². The molecule has 0 aromatic heterocycles. The first-order valence-electron chi connectivity index (χ1n) is 8.76.